The highest BCUT2D eigenvalue weighted by Gasteiger charge is 2.44. The third-order valence-electron chi connectivity index (χ3n) is 7.54. The van der Waals surface area contributed by atoms with Gasteiger partial charge in [-0.05, 0) is 35.9 Å². The summed E-state index contributed by atoms with van der Waals surface area (Å²) in [7, 11) is 0. The van der Waals surface area contributed by atoms with Crippen LogP contribution in [0.25, 0.3) is 22.0 Å². The lowest BCUT2D eigenvalue weighted by atomic mass is 10.0. The molecule has 4 heterocycles. The number of halogens is 1. The Labute approximate surface area is 243 Å². The van der Waals surface area contributed by atoms with Crippen LogP contribution < -0.4 is 16.0 Å². The van der Waals surface area contributed by atoms with Gasteiger partial charge < -0.3 is 16.0 Å². The zero-order valence-electron chi connectivity index (χ0n) is 22.6. The van der Waals surface area contributed by atoms with E-state index in [1.54, 1.807) is 60.8 Å². The fourth-order valence-corrected chi connectivity index (χ4v) is 5.51. The molecule has 0 spiro atoms. The fourth-order valence-electron chi connectivity index (χ4n) is 5.51. The molecule has 2 aliphatic heterocycles. The molecule has 14 heteroatoms. The maximum absolute atomic E-state index is 14.6. The molecule has 2 fully saturated rings. The van der Waals surface area contributed by atoms with Crippen LogP contribution in [-0.4, -0.2) is 79.2 Å². The Morgan fingerprint density at radius 1 is 1.02 bits per heavy atom. The summed E-state index contributed by atoms with van der Waals surface area (Å²) in [6.07, 6.45) is 1.07. The van der Waals surface area contributed by atoms with Gasteiger partial charge in [-0.2, -0.15) is 15.3 Å². The number of nitrogens with two attached hydrogens (primary N) is 1. The van der Waals surface area contributed by atoms with Crippen LogP contribution in [0.2, 0.25) is 0 Å². The van der Waals surface area contributed by atoms with Gasteiger partial charge in [-0.1, -0.05) is 24.3 Å². The third-order valence-corrected chi connectivity index (χ3v) is 7.54. The minimum atomic E-state index is -1.48. The van der Waals surface area contributed by atoms with E-state index in [2.05, 4.69) is 20.6 Å². The van der Waals surface area contributed by atoms with Crippen molar-refractivity contribution < 1.29 is 28.4 Å². The van der Waals surface area contributed by atoms with Crippen molar-refractivity contribution >= 4 is 46.1 Å². The number of rotatable bonds is 7. The van der Waals surface area contributed by atoms with Crippen LogP contribution >= 0.6 is 0 Å². The van der Waals surface area contributed by atoms with E-state index in [1.165, 1.54) is 10.9 Å². The molecule has 6 rings (SSSR count). The van der Waals surface area contributed by atoms with Crippen LogP contribution in [0, 0.1) is 0 Å². The summed E-state index contributed by atoms with van der Waals surface area (Å²) >= 11 is 0. The predicted molar refractivity (Wildman–Crippen MR) is 150 cm³/mol. The molecule has 0 aliphatic carbocycles. The summed E-state index contributed by atoms with van der Waals surface area (Å²) in [5.74, 6) is -3.26. The Morgan fingerprint density at radius 3 is 2.53 bits per heavy atom. The highest BCUT2D eigenvalue weighted by atomic mass is 19.1. The molecule has 13 nitrogen and oxygen atoms in total. The van der Waals surface area contributed by atoms with Crippen LogP contribution in [0.3, 0.4) is 0 Å². The quantitative estimate of drug-likeness (QED) is 0.303. The smallest absolute Gasteiger partial charge is 0.269 e. The molecule has 218 valence electrons. The number of nitrogens with one attached hydrogen (secondary N) is 1. The Morgan fingerprint density at radius 2 is 1.81 bits per heavy atom. The van der Waals surface area contributed by atoms with Gasteiger partial charge in [0, 0.05) is 17.4 Å². The van der Waals surface area contributed by atoms with Gasteiger partial charge in [0.15, 0.2) is 5.69 Å². The minimum Gasteiger partial charge on any atom is -0.364 e. The lowest BCUT2D eigenvalue weighted by Crippen LogP contribution is -2.51. The van der Waals surface area contributed by atoms with Crippen molar-refractivity contribution in [2.75, 3.05) is 11.4 Å². The number of amides is 5. The first-order valence-corrected chi connectivity index (χ1v) is 13.4. The number of hydrogen-bond donors (Lipinski definition) is 2. The van der Waals surface area contributed by atoms with Crippen LogP contribution in [0.15, 0.2) is 67.0 Å². The number of carbonyl (C=O) groups excluding carboxylic acids is 5. The standard InChI is InChI=1S/C29H25FN8O5/c30-18-11-23(28(42)34-21-12-24(39)38(29(21)43)19-4-2-1-3-5-19)36(14-18)25(40)15-37-22-7-6-16(17-8-9-32-33-13-17)10-20(22)26(35-37)27(31)41/h1-10,13,18,21,23H,11-12,14-15H2,(H2,31,41)(H,34,42). The third kappa shape index (κ3) is 5.18. The SMILES string of the molecule is NC(=O)c1nn(CC(=O)N2CC(F)CC2C(=O)NC2CC(=O)N(c3ccccc3)C2=O)c2ccc(-c3ccnnc3)cc12. The van der Waals surface area contributed by atoms with Gasteiger partial charge in [0.25, 0.3) is 11.8 Å². The summed E-state index contributed by atoms with van der Waals surface area (Å²) in [6.45, 7) is -0.745. The number of carbonyl (C=O) groups is 5. The molecule has 4 aromatic rings. The van der Waals surface area contributed by atoms with E-state index in [0.717, 1.165) is 20.9 Å². The molecule has 2 saturated heterocycles. The van der Waals surface area contributed by atoms with Crippen LogP contribution in [0.1, 0.15) is 23.3 Å². The van der Waals surface area contributed by atoms with E-state index in [4.69, 9.17) is 5.73 Å². The largest absolute Gasteiger partial charge is 0.364 e. The lowest BCUT2D eigenvalue weighted by Gasteiger charge is -2.25. The Kier molecular flexibility index (Phi) is 7.09. The molecule has 0 radical (unpaired) electrons. The van der Waals surface area contributed by atoms with Crippen molar-refractivity contribution in [3.63, 3.8) is 0 Å². The molecule has 3 unspecified atom stereocenters. The highest BCUT2D eigenvalue weighted by molar-refractivity contribution is 6.23. The van der Waals surface area contributed by atoms with Crippen LogP contribution in [0.5, 0.6) is 0 Å². The van der Waals surface area contributed by atoms with Gasteiger partial charge >= 0.3 is 0 Å². The second kappa shape index (κ2) is 11.0. The van der Waals surface area contributed by atoms with Crippen molar-refractivity contribution in [1.82, 2.24) is 30.2 Å². The number of para-hydroxylation sites is 1. The number of benzene rings is 2. The second-order valence-corrected chi connectivity index (χ2v) is 10.3. The molecule has 0 saturated carbocycles. The summed E-state index contributed by atoms with van der Waals surface area (Å²) in [5.41, 5.74) is 7.78. The summed E-state index contributed by atoms with van der Waals surface area (Å²) in [6, 6.07) is 12.8. The number of primary amides is 1. The molecule has 3 N–H and O–H groups in total. The van der Waals surface area contributed by atoms with Gasteiger partial charge in [0.1, 0.15) is 24.8 Å². The second-order valence-electron chi connectivity index (χ2n) is 10.3. The van der Waals surface area contributed by atoms with Gasteiger partial charge in [-0.15, -0.1) is 0 Å². The zero-order chi connectivity index (χ0) is 30.2. The normalized spacial score (nSPS) is 20.2. The molecular formula is C29H25FN8O5. The molecular weight excluding hydrogens is 559 g/mol. The van der Waals surface area contributed by atoms with Crippen LogP contribution in [-0.2, 0) is 25.7 Å². The first-order valence-electron chi connectivity index (χ1n) is 13.4. The minimum absolute atomic E-state index is 0.0573. The topological polar surface area (TPSA) is 173 Å². The monoisotopic (exact) mass is 584 g/mol. The number of imide groups is 1. The zero-order valence-corrected chi connectivity index (χ0v) is 22.6. The lowest BCUT2D eigenvalue weighted by molar-refractivity contribution is -0.139. The maximum Gasteiger partial charge on any atom is 0.269 e. The van der Waals surface area contributed by atoms with E-state index in [9.17, 15) is 28.4 Å². The highest BCUT2D eigenvalue weighted by Crippen LogP contribution is 2.28. The van der Waals surface area contributed by atoms with Crippen molar-refractivity contribution in [3.8, 4) is 11.1 Å². The molecule has 3 atom stereocenters. The maximum atomic E-state index is 14.6. The average molecular weight is 585 g/mol. The van der Waals surface area contributed by atoms with Crippen molar-refractivity contribution in [3.05, 3.63) is 72.7 Å². The number of aromatic nitrogens is 4. The van der Waals surface area contributed by atoms with E-state index < -0.39 is 54.3 Å². The van der Waals surface area contributed by atoms with E-state index >= 15 is 0 Å². The van der Waals surface area contributed by atoms with Gasteiger partial charge in [-0.25, -0.2) is 9.29 Å². The number of hydrogen-bond acceptors (Lipinski definition) is 8. The first-order chi connectivity index (χ1) is 20.7. The van der Waals surface area contributed by atoms with Gasteiger partial charge in [-0.3, -0.25) is 28.7 Å². The molecule has 2 aromatic heterocycles. The Hall–Kier alpha value is -5.53. The number of nitrogens with zero attached hydrogens (tertiary/aromatic N) is 6. The summed E-state index contributed by atoms with van der Waals surface area (Å²) < 4.78 is 15.9. The van der Waals surface area contributed by atoms with Crippen molar-refractivity contribution in [1.29, 1.82) is 0 Å². The van der Waals surface area contributed by atoms with Gasteiger partial charge in [0.05, 0.1) is 36.6 Å². The molecule has 2 aromatic carbocycles. The number of likely N-dealkylation sites (tertiary alicyclic amines) is 1. The molecule has 5 amide bonds. The number of alkyl halides is 1. The molecule has 2 aliphatic rings. The Balaban J connectivity index is 1.20. The van der Waals surface area contributed by atoms with Crippen molar-refractivity contribution in [2.45, 2.75) is 37.6 Å². The van der Waals surface area contributed by atoms with E-state index in [0.29, 0.717) is 16.6 Å². The number of anilines is 1. The van der Waals surface area contributed by atoms with Crippen LogP contribution in [0.4, 0.5) is 10.1 Å². The molecule has 0 bridgehead atoms. The van der Waals surface area contributed by atoms with Gasteiger partial charge in [0.2, 0.25) is 17.7 Å². The number of fused-ring (bicyclic) bond motifs is 1. The molecule has 43 heavy (non-hydrogen) atoms. The van der Waals surface area contributed by atoms with E-state index in [-0.39, 0.29) is 25.1 Å². The van der Waals surface area contributed by atoms with E-state index in [1.807, 2.05) is 0 Å². The average Bonchev–Trinajstić information content (AvgIpc) is 3.66. The summed E-state index contributed by atoms with van der Waals surface area (Å²) in [4.78, 5) is 66.5. The fraction of sp³-hybridized carbons (Fsp3) is 0.241. The summed E-state index contributed by atoms with van der Waals surface area (Å²) in [5, 5.41) is 14.8. The predicted octanol–water partition coefficient (Wildman–Crippen LogP) is 0.980. The Bertz CT molecular complexity index is 1760. The first kappa shape index (κ1) is 27.6. The van der Waals surface area contributed by atoms with Crippen molar-refractivity contribution in [2.24, 2.45) is 5.73 Å².